The van der Waals surface area contributed by atoms with Crippen molar-refractivity contribution in [2.24, 2.45) is 5.92 Å². The lowest BCUT2D eigenvalue weighted by molar-refractivity contribution is 0.0696. The Morgan fingerprint density at radius 2 is 1.70 bits per heavy atom. The van der Waals surface area contributed by atoms with Gasteiger partial charge in [0.05, 0.1) is 5.56 Å². The molecular formula is C21H24N2O4. The molecule has 1 heterocycles. The maximum atomic E-state index is 12.4. The van der Waals surface area contributed by atoms with E-state index in [4.69, 9.17) is 5.11 Å². The molecule has 3 N–H and O–H groups in total. The number of aromatic carboxylic acids is 1. The van der Waals surface area contributed by atoms with Crippen LogP contribution in [0.5, 0.6) is 0 Å². The smallest absolute Gasteiger partial charge is 0.335 e. The molecule has 2 aromatic rings. The summed E-state index contributed by atoms with van der Waals surface area (Å²) in [5.74, 6) is -0.870. The minimum atomic E-state index is -1.02. The molecule has 0 saturated carbocycles. The number of hydrogen-bond donors (Lipinski definition) is 3. The van der Waals surface area contributed by atoms with Gasteiger partial charge in [0.25, 0.3) is 5.91 Å². The van der Waals surface area contributed by atoms with Crippen molar-refractivity contribution >= 4 is 17.6 Å². The second-order valence-corrected chi connectivity index (χ2v) is 6.94. The van der Waals surface area contributed by atoms with Gasteiger partial charge in [-0.2, -0.15) is 0 Å². The zero-order valence-electron chi connectivity index (χ0n) is 15.1. The topological polar surface area (TPSA) is 89.9 Å². The molecule has 142 valence electrons. The van der Waals surface area contributed by atoms with Gasteiger partial charge in [0, 0.05) is 24.4 Å². The van der Waals surface area contributed by atoms with Crippen molar-refractivity contribution in [1.29, 1.82) is 0 Å². The predicted molar refractivity (Wildman–Crippen MR) is 103 cm³/mol. The summed E-state index contributed by atoms with van der Waals surface area (Å²) in [6, 6.07) is 13.6. The van der Waals surface area contributed by atoms with E-state index < -0.39 is 5.97 Å². The Morgan fingerprint density at radius 1 is 1.04 bits per heavy atom. The molecule has 6 nitrogen and oxygen atoms in total. The van der Waals surface area contributed by atoms with Crippen molar-refractivity contribution in [3.63, 3.8) is 0 Å². The summed E-state index contributed by atoms with van der Waals surface area (Å²) in [4.78, 5) is 25.6. The first-order valence-corrected chi connectivity index (χ1v) is 9.12. The summed E-state index contributed by atoms with van der Waals surface area (Å²) in [6.07, 6.45) is 2.03. The van der Waals surface area contributed by atoms with Gasteiger partial charge in [0.15, 0.2) is 0 Å². The molecule has 1 aliphatic rings. The number of amides is 1. The van der Waals surface area contributed by atoms with E-state index in [1.54, 1.807) is 0 Å². The molecule has 0 unspecified atom stereocenters. The summed E-state index contributed by atoms with van der Waals surface area (Å²) in [5.41, 5.74) is 2.40. The molecule has 0 atom stereocenters. The van der Waals surface area contributed by atoms with Gasteiger partial charge >= 0.3 is 5.97 Å². The van der Waals surface area contributed by atoms with Crippen LogP contribution in [0.3, 0.4) is 0 Å². The van der Waals surface area contributed by atoms with Crippen molar-refractivity contribution < 1.29 is 19.8 Å². The second kappa shape index (κ2) is 8.79. The molecule has 2 aromatic carbocycles. The van der Waals surface area contributed by atoms with Crippen molar-refractivity contribution in [2.45, 2.75) is 19.4 Å². The molecule has 1 saturated heterocycles. The van der Waals surface area contributed by atoms with Gasteiger partial charge in [-0.15, -0.1) is 0 Å². The summed E-state index contributed by atoms with van der Waals surface area (Å²) in [7, 11) is 0. The number of rotatable bonds is 6. The molecule has 0 aromatic heterocycles. The number of nitrogens with zero attached hydrogens (tertiary/aromatic N) is 1. The maximum Gasteiger partial charge on any atom is 0.335 e. The van der Waals surface area contributed by atoms with E-state index in [9.17, 15) is 14.7 Å². The van der Waals surface area contributed by atoms with E-state index in [2.05, 4.69) is 10.2 Å². The number of anilines is 1. The number of nitrogens with one attached hydrogen (secondary N) is 1. The minimum absolute atomic E-state index is 0.151. The van der Waals surface area contributed by atoms with Crippen molar-refractivity contribution in [1.82, 2.24) is 4.90 Å². The van der Waals surface area contributed by atoms with E-state index in [1.165, 1.54) is 24.3 Å². The van der Waals surface area contributed by atoms with Crippen LogP contribution in [-0.4, -0.2) is 46.7 Å². The Kier molecular flexibility index (Phi) is 6.21. The number of aliphatic hydroxyl groups is 1. The molecule has 0 aliphatic carbocycles. The standard InChI is InChI=1S/C21H24N2O4/c24-14-15-8-10-23(11-9-15)13-16-2-1-3-19(12-16)22-20(25)17-4-6-18(7-5-17)21(26)27/h1-7,12,15,24H,8-11,13-14H2,(H,22,25)(H,26,27). The molecule has 6 heteroatoms. The van der Waals surface area contributed by atoms with Gasteiger partial charge in [-0.3, -0.25) is 9.69 Å². The lowest BCUT2D eigenvalue weighted by Gasteiger charge is -2.31. The molecule has 1 fully saturated rings. The van der Waals surface area contributed by atoms with Crippen molar-refractivity contribution in [3.05, 3.63) is 65.2 Å². The number of carbonyl (C=O) groups is 2. The van der Waals surface area contributed by atoms with E-state index >= 15 is 0 Å². The third kappa shape index (κ3) is 5.15. The highest BCUT2D eigenvalue weighted by Crippen LogP contribution is 2.20. The normalized spacial score (nSPS) is 15.4. The summed E-state index contributed by atoms with van der Waals surface area (Å²) in [6.45, 7) is 3.02. The Hall–Kier alpha value is -2.70. The van der Waals surface area contributed by atoms with Crippen LogP contribution in [0.4, 0.5) is 5.69 Å². The van der Waals surface area contributed by atoms with Crippen LogP contribution in [0, 0.1) is 5.92 Å². The Bertz CT molecular complexity index is 796. The molecule has 27 heavy (non-hydrogen) atoms. The van der Waals surface area contributed by atoms with Crippen LogP contribution in [0.1, 0.15) is 39.1 Å². The Morgan fingerprint density at radius 3 is 2.33 bits per heavy atom. The Balaban J connectivity index is 1.60. The van der Waals surface area contributed by atoms with E-state index in [0.717, 1.165) is 38.0 Å². The molecule has 1 amide bonds. The number of carboxylic acids is 1. The SMILES string of the molecule is O=C(O)c1ccc(C(=O)Nc2cccc(CN3CCC(CO)CC3)c2)cc1. The van der Waals surface area contributed by atoms with Gasteiger partial charge in [-0.1, -0.05) is 12.1 Å². The van der Waals surface area contributed by atoms with E-state index in [0.29, 0.717) is 17.2 Å². The molecule has 0 radical (unpaired) electrons. The first kappa shape index (κ1) is 19.1. The largest absolute Gasteiger partial charge is 0.478 e. The summed E-state index contributed by atoms with van der Waals surface area (Å²) < 4.78 is 0. The fraction of sp³-hybridized carbons (Fsp3) is 0.333. The number of hydrogen-bond acceptors (Lipinski definition) is 4. The number of benzene rings is 2. The van der Waals surface area contributed by atoms with Crippen molar-refractivity contribution in [2.75, 3.05) is 25.0 Å². The predicted octanol–water partition coefficient (Wildman–Crippen LogP) is 2.84. The second-order valence-electron chi connectivity index (χ2n) is 6.94. The van der Waals surface area contributed by atoms with Gasteiger partial charge < -0.3 is 15.5 Å². The van der Waals surface area contributed by atoms with Crippen LogP contribution in [0.25, 0.3) is 0 Å². The van der Waals surface area contributed by atoms with Crippen molar-refractivity contribution in [3.8, 4) is 0 Å². The lowest BCUT2D eigenvalue weighted by Crippen LogP contribution is -2.34. The first-order valence-electron chi connectivity index (χ1n) is 9.12. The fourth-order valence-corrected chi connectivity index (χ4v) is 3.30. The highest BCUT2D eigenvalue weighted by molar-refractivity contribution is 6.04. The number of carbonyl (C=O) groups excluding carboxylic acids is 1. The number of piperidine rings is 1. The molecule has 3 rings (SSSR count). The van der Waals surface area contributed by atoms with Gasteiger partial charge in [0.2, 0.25) is 0 Å². The third-order valence-electron chi connectivity index (χ3n) is 4.95. The maximum absolute atomic E-state index is 12.4. The third-order valence-corrected chi connectivity index (χ3v) is 4.95. The fourth-order valence-electron chi connectivity index (χ4n) is 3.30. The van der Waals surface area contributed by atoms with Gasteiger partial charge in [-0.25, -0.2) is 4.79 Å². The zero-order chi connectivity index (χ0) is 19.2. The van der Waals surface area contributed by atoms with Gasteiger partial charge in [-0.05, 0) is 73.8 Å². The van der Waals surface area contributed by atoms with Crippen LogP contribution in [0.15, 0.2) is 48.5 Å². The quantitative estimate of drug-likeness (QED) is 0.729. The van der Waals surface area contributed by atoms with Crippen LogP contribution >= 0.6 is 0 Å². The molecular weight excluding hydrogens is 344 g/mol. The zero-order valence-corrected chi connectivity index (χ0v) is 15.1. The minimum Gasteiger partial charge on any atom is -0.478 e. The summed E-state index contributed by atoms with van der Waals surface area (Å²) in [5, 5.41) is 21.0. The van der Waals surface area contributed by atoms with E-state index in [-0.39, 0.29) is 18.1 Å². The first-order chi connectivity index (χ1) is 13.0. The van der Waals surface area contributed by atoms with Gasteiger partial charge in [0.1, 0.15) is 0 Å². The van der Waals surface area contributed by atoms with Crippen LogP contribution in [0.2, 0.25) is 0 Å². The van der Waals surface area contributed by atoms with Crippen LogP contribution < -0.4 is 5.32 Å². The summed E-state index contributed by atoms with van der Waals surface area (Å²) >= 11 is 0. The number of likely N-dealkylation sites (tertiary alicyclic amines) is 1. The average molecular weight is 368 g/mol. The van der Waals surface area contributed by atoms with Crippen LogP contribution in [-0.2, 0) is 6.54 Å². The monoisotopic (exact) mass is 368 g/mol. The number of aliphatic hydroxyl groups excluding tert-OH is 1. The number of carboxylic acid groups (broad SMARTS) is 1. The molecule has 0 bridgehead atoms. The molecule has 1 aliphatic heterocycles. The average Bonchev–Trinajstić information content (AvgIpc) is 2.69. The highest BCUT2D eigenvalue weighted by atomic mass is 16.4. The Labute approximate surface area is 158 Å². The highest BCUT2D eigenvalue weighted by Gasteiger charge is 2.18. The van der Waals surface area contributed by atoms with E-state index in [1.807, 2.05) is 24.3 Å². The molecule has 0 spiro atoms. The lowest BCUT2D eigenvalue weighted by atomic mass is 9.97.